The number of fused-ring (bicyclic) bond motifs is 1. The Labute approximate surface area is 143 Å². The number of furan rings is 1. The Balaban J connectivity index is 1.61. The highest BCUT2D eigenvalue weighted by atomic mass is 16.5. The number of ether oxygens (including phenoxy) is 1. The molecule has 1 aromatic heterocycles. The molecule has 5 nitrogen and oxygen atoms in total. The minimum Gasteiger partial charge on any atom is -0.497 e. The summed E-state index contributed by atoms with van der Waals surface area (Å²) in [5.41, 5.74) is 1.71. The number of amides is 1. The third kappa shape index (κ3) is 3.73. The molecule has 1 aliphatic heterocycles. The largest absolute Gasteiger partial charge is 0.497 e. The van der Waals surface area contributed by atoms with Crippen molar-refractivity contribution in [2.24, 2.45) is 5.92 Å². The molecule has 3 rings (SSSR count). The first kappa shape index (κ1) is 16.8. The fourth-order valence-corrected chi connectivity index (χ4v) is 3.30. The van der Waals surface area contributed by atoms with Gasteiger partial charge < -0.3 is 14.1 Å². The summed E-state index contributed by atoms with van der Waals surface area (Å²) in [6.45, 7) is 9.13. The van der Waals surface area contributed by atoms with Crippen molar-refractivity contribution in [2.45, 2.75) is 20.3 Å². The van der Waals surface area contributed by atoms with Gasteiger partial charge >= 0.3 is 0 Å². The summed E-state index contributed by atoms with van der Waals surface area (Å²) in [7, 11) is 1.63. The molecular formula is C19H26N2O3. The Hall–Kier alpha value is -2.01. The Morgan fingerprint density at radius 2 is 2.00 bits per heavy atom. The lowest BCUT2D eigenvalue weighted by Crippen LogP contribution is -2.49. The van der Waals surface area contributed by atoms with Crippen LogP contribution < -0.4 is 4.74 Å². The molecule has 0 atom stereocenters. The van der Waals surface area contributed by atoms with Crippen LogP contribution in [-0.4, -0.2) is 55.5 Å². The lowest BCUT2D eigenvalue weighted by molar-refractivity contribution is -0.132. The van der Waals surface area contributed by atoms with Crippen LogP contribution in [0.3, 0.4) is 0 Å². The van der Waals surface area contributed by atoms with Crippen molar-refractivity contribution in [2.75, 3.05) is 39.8 Å². The van der Waals surface area contributed by atoms with E-state index >= 15 is 0 Å². The van der Waals surface area contributed by atoms with Crippen molar-refractivity contribution >= 4 is 16.9 Å². The van der Waals surface area contributed by atoms with Crippen molar-refractivity contribution in [3.8, 4) is 5.75 Å². The molecule has 24 heavy (non-hydrogen) atoms. The van der Waals surface area contributed by atoms with E-state index in [9.17, 15) is 4.79 Å². The average Bonchev–Trinajstić information content (AvgIpc) is 2.97. The molecule has 1 aromatic carbocycles. The number of methoxy groups -OCH3 is 1. The first-order valence-electron chi connectivity index (χ1n) is 8.61. The number of rotatable bonds is 5. The summed E-state index contributed by atoms with van der Waals surface area (Å²) in [6.07, 6.45) is 2.08. The zero-order chi connectivity index (χ0) is 17.1. The zero-order valence-electron chi connectivity index (χ0n) is 14.7. The lowest BCUT2D eigenvalue weighted by Gasteiger charge is -2.35. The molecule has 0 aliphatic carbocycles. The highest BCUT2D eigenvalue weighted by molar-refractivity contribution is 5.88. The van der Waals surface area contributed by atoms with Gasteiger partial charge in [0.25, 0.3) is 0 Å². The van der Waals surface area contributed by atoms with E-state index in [1.807, 2.05) is 23.1 Å². The Bertz CT molecular complexity index is 700. The SMILES string of the molecule is COc1ccc2c(CC(=O)N3CCN(CC(C)C)CC3)coc2c1. The third-order valence-electron chi connectivity index (χ3n) is 4.55. The molecule has 1 amide bonds. The minimum absolute atomic E-state index is 0.178. The second-order valence-corrected chi connectivity index (χ2v) is 6.88. The van der Waals surface area contributed by atoms with Crippen LogP contribution in [0.25, 0.3) is 11.0 Å². The van der Waals surface area contributed by atoms with Crippen molar-refractivity contribution in [1.82, 2.24) is 9.80 Å². The van der Waals surface area contributed by atoms with Gasteiger partial charge in [-0.15, -0.1) is 0 Å². The van der Waals surface area contributed by atoms with E-state index in [-0.39, 0.29) is 5.91 Å². The maximum atomic E-state index is 12.6. The minimum atomic E-state index is 0.178. The van der Waals surface area contributed by atoms with Gasteiger partial charge in [-0.05, 0) is 18.1 Å². The molecule has 1 saturated heterocycles. The van der Waals surface area contributed by atoms with Crippen molar-refractivity contribution in [3.63, 3.8) is 0 Å². The lowest BCUT2D eigenvalue weighted by atomic mass is 10.1. The Kier molecular flexibility index (Phi) is 5.09. The van der Waals surface area contributed by atoms with Crippen LogP contribution in [-0.2, 0) is 11.2 Å². The molecule has 0 radical (unpaired) electrons. The highest BCUT2D eigenvalue weighted by Crippen LogP contribution is 2.26. The van der Waals surface area contributed by atoms with Crippen molar-refractivity contribution in [1.29, 1.82) is 0 Å². The Morgan fingerprint density at radius 1 is 1.25 bits per heavy atom. The highest BCUT2D eigenvalue weighted by Gasteiger charge is 2.22. The molecular weight excluding hydrogens is 304 g/mol. The van der Waals surface area contributed by atoms with Crippen LogP contribution in [0.5, 0.6) is 5.75 Å². The van der Waals surface area contributed by atoms with Crippen LogP contribution in [0, 0.1) is 5.92 Å². The van der Waals surface area contributed by atoms with Crippen LogP contribution in [0.15, 0.2) is 28.9 Å². The summed E-state index contributed by atoms with van der Waals surface area (Å²) < 4.78 is 10.8. The summed E-state index contributed by atoms with van der Waals surface area (Å²) in [5.74, 6) is 1.61. The number of piperazine rings is 1. The van der Waals surface area contributed by atoms with Gasteiger partial charge in [0.05, 0.1) is 19.8 Å². The van der Waals surface area contributed by atoms with Gasteiger partial charge in [-0.3, -0.25) is 9.69 Å². The van der Waals surface area contributed by atoms with Crippen molar-refractivity contribution < 1.29 is 13.9 Å². The van der Waals surface area contributed by atoms with Gasteiger partial charge in [0.1, 0.15) is 11.3 Å². The van der Waals surface area contributed by atoms with Gasteiger partial charge in [0.15, 0.2) is 0 Å². The molecule has 0 spiro atoms. The first-order valence-corrected chi connectivity index (χ1v) is 8.61. The van der Waals surface area contributed by atoms with Gasteiger partial charge in [0.2, 0.25) is 5.91 Å². The molecule has 0 saturated carbocycles. The zero-order valence-corrected chi connectivity index (χ0v) is 14.7. The van der Waals surface area contributed by atoms with E-state index < -0.39 is 0 Å². The molecule has 2 heterocycles. The number of hydrogen-bond donors (Lipinski definition) is 0. The van der Waals surface area contributed by atoms with Crippen LogP contribution in [0.2, 0.25) is 0 Å². The maximum Gasteiger partial charge on any atom is 0.227 e. The maximum absolute atomic E-state index is 12.6. The van der Waals surface area contributed by atoms with Crippen LogP contribution in [0.1, 0.15) is 19.4 Å². The van der Waals surface area contributed by atoms with E-state index in [0.29, 0.717) is 12.3 Å². The monoisotopic (exact) mass is 330 g/mol. The summed E-state index contributed by atoms with van der Waals surface area (Å²) in [6, 6.07) is 5.71. The predicted octanol–water partition coefficient (Wildman–Crippen LogP) is 2.78. The van der Waals surface area contributed by atoms with Gasteiger partial charge in [0, 0.05) is 49.7 Å². The fourth-order valence-electron chi connectivity index (χ4n) is 3.30. The molecule has 130 valence electrons. The van der Waals surface area contributed by atoms with E-state index in [0.717, 1.165) is 55.0 Å². The molecule has 5 heteroatoms. The molecule has 2 aromatic rings. The quantitative estimate of drug-likeness (QED) is 0.846. The van der Waals surface area contributed by atoms with Gasteiger partial charge in [-0.1, -0.05) is 13.8 Å². The normalized spacial score (nSPS) is 16.1. The average molecular weight is 330 g/mol. The number of benzene rings is 1. The summed E-state index contributed by atoms with van der Waals surface area (Å²) in [5, 5.41) is 0.989. The summed E-state index contributed by atoms with van der Waals surface area (Å²) >= 11 is 0. The van der Waals surface area contributed by atoms with E-state index in [2.05, 4.69) is 18.7 Å². The van der Waals surface area contributed by atoms with Crippen LogP contribution >= 0.6 is 0 Å². The number of carbonyl (C=O) groups excluding carboxylic acids is 1. The molecule has 1 aliphatic rings. The molecule has 0 N–H and O–H groups in total. The second-order valence-electron chi connectivity index (χ2n) is 6.88. The predicted molar refractivity (Wildman–Crippen MR) is 94.3 cm³/mol. The van der Waals surface area contributed by atoms with Gasteiger partial charge in [-0.2, -0.15) is 0 Å². The molecule has 0 bridgehead atoms. The molecule has 0 unspecified atom stereocenters. The number of hydrogen-bond acceptors (Lipinski definition) is 4. The first-order chi connectivity index (χ1) is 11.6. The standard InChI is InChI=1S/C19H26N2O3/c1-14(2)12-20-6-8-21(9-7-20)19(22)10-15-13-24-18-11-16(23-3)4-5-17(15)18/h4-5,11,13-14H,6-10,12H2,1-3H3. The topological polar surface area (TPSA) is 45.9 Å². The fraction of sp³-hybridized carbons (Fsp3) is 0.526. The second kappa shape index (κ2) is 7.26. The molecule has 1 fully saturated rings. The van der Waals surface area contributed by atoms with E-state index in [1.165, 1.54) is 0 Å². The third-order valence-corrected chi connectivity index (χ3v) is 4.55. The van der Waals surface area contributed by atoms with E-state index in [4.69, 9.17) is 9.15 Å². The van der Waals surface area contributed by atoms with Crippen molar-refractivity contribution in [3.05, 3.63) is 30.0 Å². The Morgan fingerprint density at radius 3 is 2.67 bits per heavy atom. The smallest absolute Gasteiger partial charge is 0.227 e. The van der Waals surface area contributed by atoms with Gasteiger partial charge in [-0.25, -0.2) is 0 Å². The van der Waals surface area contributed by atoms with E-state index in [1.54, 1.807) is 13.4 Å². The number of nitrogens with zero attached hydrogens (tertiary/aromatic N) is 2. The number of carbonyl (C=O) groups is 1. The van der Waals surface area contributed by atoms with Crippen LogP contribution in [0.4, 0.5) is 0 Å². The summed E-state index contributed by atoms with van der Waals surface area (Å²) in [4.78, 5) is 17.0.